The van der Waals surface area contributed by atoms with Crippen molar-refractivity contribution in [2.24, 2.45) is 0 Å². The molecule has 1 aromatic heterocycles. The fraction of sp³-hybridized carbons (Fsp3) is 0.0294. The van der Waals surface area contributed by atoms with Crippen molar-refractivity contribution in [2.45, 2.75) is 6.54 Å². The highest BCUT2D eigenvalue weighted by atomic mass is 35.5. The van der Waals surface area contributed by atoms with Crippen molar-refractivity contribution in [2.75, 3.05) is 0 Å². The number of halogens is 21. The zero-order chi connectivity index (χ0) is 43.5. The summed E-state index contributed by atoms with van der Waals surface area (Å²) in [5.74, 6) is -71.4. The zero-order valence-electron chi connectivity index (χ0n) is 27.1. The summed E-state index contributed by atoms with van der Waals surface area (Å²) in [6.45, 7) is 0.850. The van der Waals surface area contributed by atoms with E-state index < -0.39 is 144 Å². The van der Waals surface area contributed by atoms with Crippen molar-refractivity contribution in [1.82, 2.24) is 0 Å². The summed E-state index contributed by atoms with van der Waals surface area (Å²) in [7, 11) is 0. The van der Waals surface area contributed by atoms with Crippen LogP contribution in [0.1, 0.15) is 5.56 Å². The van der Waals surface area contributed by atoms with Gasteiger partial charge in [-0.2, -0.15) is 4.57 Å². The molecular formula is C34H9BClF20NS. The molecular weight excluding hydrogens is 881 g/mol. The van der Waals surface area contributed by atoms with E-state index >= 15 is 35.1 Å². The van der Waals surface area contributed by atoms with Gasteiger partial charge in [0.05, 0.1) is 5.38 Å². The topological polar surface area (TPSA) is 3.88 Å². The third-order valence-corrected chi connectivity index (χ3v) is 9.71. The fourth-order valence-electron chi connectivity index (χ4n) is 6.06. The number of benzene rings is 5. The van der Waals surface area contributed by atoms with Crippen LogP contribution in [0.3, 0.4) is 0 Å². The van der Waals surface area contributed by atoms with Crippen LogP contribution in [0.15, 0.2) is 41.9 Å². The second-order valence-electron chi connectivity index (χ2n) is 11.6. The summed E-state index contributed by atoms with van der Waals surface area (Å²) >= 11 is 7.52. The Morgan fingerprint density at radius 2 is 0.621 bits per heavy atom. The van der Waals surface area contributed by atoms with Crippen molar-refractivity contribution in [3.8, 4) is 0 Å². The summed E-state index contributed by atoms with van der Waals surface area (Å²) in [4.78, 5) is 0. The zero-order valence-corrected chi connectivity index (χ0v) is 28.7. The van der Waals surface area contributed by atoms with Crippen LogP contribution in [0.2, 0.25) is 4.47 Å². The van der Waals surface area contributed by atoms with Gasteiger partial charge in [-0.05, 0) is 0 Å². The lowest BCUT2D eigenvalue weighted by molar-refractivity contribution is -0.681. The first-order valence-corrected chi connectivity index (χ1v) is 16.2. The van der Waals surface area contributed by atoms with E-state index in [1.54, 1.807) is 11.3 Å². The second kappa shape index (κ2) is 16.1. The minimum atomic E-state index is -7.22. The second-order valence-corrected chi connectivity index (χ2v) is 13.0. The Bertz CT molecular complexity index is 2240. The molecule has 0 bridgehead atoms. The minimum absolute atomic E-state index is 0.823. The molecule has 0 aliphatic rings. The van der Waals surface area contributed by atoms with Gasteiger partial charge in [-0.3, -0.25) is 0 Å². The monoisotopic (exact) mass is 889 g/mol. The molecule has 0 unspecified atom stereocenters. The lowest BCUT2D eigenvalue weighted by Gasteiger charge is -2.44. The molecule has 1 nitrogen and oxygen atoms in total. The van der Waals surface area contributed by atoms with Gasteiger partial charge in [0.15, 0.2) is 82.5 Å². The lowest BCUT2D eigenvalue weighted by Crippen LogP contribution is -2.81. The largest absolute Gasteiger partial charge is 0.333 e. The van der Waals surface area contributed by atoms with E-state index in [4.69, 9.17) is 11.6 Å². The summed E-state index contributed by atoms with van der Waals surface area (Å²) in [6, 6.07) is 10.3. The summed E-state index contributed by atoms with van der Waals surface area (Å²) in [5, 5.41) is 1.99. The molecule has 0 atom stereocenters. The molecule has 24 heteroatoms. The van der Waals surface area contributed by atoms with E-state index in [-0.39, 0.29) is 0 Å². The van der Waals surface area contributed by atoms with Crippen LogP contribution in [-0.4, -0.2) is 6.15 Å². The van der Waals surface area contributed by atoms with Crippen LogP contribution < -0.4 is 26.4 Å². The maximum atomic E-state index is 15.4. The normalized spacial score (nSPS) is 11.6. The molecule has 0 amide bonds. The molecule has 5 aromatic carbocycles. The van der Waals surface area contributed by atoms with Gasteiger partial charge >= 0.3 is 4.47 Å². The molecule has 306 valence electrons. The van der Waals surface area contributed by atoms with Crippen molar-refractivity contribution in [3.05, 3.63) is 168 Å². The first-order valence-electron chi connectivity index (χ1n) is 15.0. The van der Waals surface area contributed by atoms with E-state index in [1.165, 1.54) is 5.56 Å². The summed E-state index contributed by atoms with van der Waals surface area (Å²) < 4.78 is 297. The van der Waals surface area contributed by atoms with E-state index in [9.17, 15) is 52.7 Å². The fourth-order valence-corrected chi connectivity index (χ4v) is 6.91. The van der Waals surface area contributed by atoms with Crippen LogP contribution in [0.5, 0.6) is 0 Å². The Morgan fingerprint density at radius 3 is 0.845 bits per heavy atom. The highest BCUT2D eigenvalue weighted by Gasteiger charge is 2.52. The average molecular weight is 890 g/mol. The predicted molar refractivity (Wildman–Crippen MR) is 164 cm³/mol. The minimum Gasteiger partial charge on any atom is -0.207 e. The average Bonchev–Trinajstić information content (AvgIpc) is 3.61. The Balaban J connectivity index is 0.000000414. The van der Waals surface area contributed by atoms with E-state index in [0.717, 1.165) is 11.0 Å². The van der Waals surface area contributed by atoms with Crippen molar-refractivity contribution < 1.29 is 92.4 Å². The summed E-state index contributed by atoms with van der Waals surface area (Å²) in [5.41, 5.74) is -13.1. The van der Waals surface area contributed by atoms with Crippen LogP contribution in [0, 0.1) is 116 Å². The molecule has 1 heterocycles. The standard InChI is InChI=1S/C24BF20.C10H9ClNS/c26-5-1(6(27)14(35)21(42)13(5)34)25(2-7(28)15(36)22(43)16(37)8(2)29,3-9(30)17(38)23(44)18(39)10(3)31)4-11(32)19(40)24(45)20(41)12(4)33;11-10-12(6-7-13-10)8-9-4-2-1-3-5-9/h;1-7H,8H2/q-1;+1. The molecule has 0 radical (unpaired) electrons. The van der Waals surface area contributed by atoms with Crippen LogP contribution >= 0.6 is 22.9 Å². The van der Waals surface area contributed by atoms with Crippen molar-refractivity contribution in [3.63, 3.8) is 0 Å². The molecule has 6 rings (SSSR count). The van der Waals surface area contributed by atoms with Gasteiger partial charge < -0.3 is 0 Å². The highest BCUT2D eigenvalue weighted by molar-refractivity contribution is 7.20. The first-order chi connectivity index (χ1) is 27.1. The smallest absolute Gasteiger partial charge is 0.207 e. The summed E-state index contributed by atoms with van der Waals surface area (Å²) in [6.07, 6.45) is -5.22. The SMILES string of the molecule is Clc1scc[n+]1Cc1ccccc1.Fc1c(F)c(F)c([B-](c2c(F)c(F)c(F)c(F)c2F)(c2c(F)c(F)c(F)c(F)c2F)c2c(F)c(F)c(F)c(F)c2F)c(F)c1F. The maximum Gasteiger partial charge on any atom is 0.333 e. The first kappa shape index (κ1) is 43.8. The highest BCUT2D eigenvalue weighted by Crippen LogP contribution is 2.30. The molecule has 0 saturated carbocycles. The molecule has 0 aliphatic heterocycles. The van der Waals surface area contributed by atoms with E-state index in [1.807, 2.05) is 34.3 Å². The van der Waals surface area contributed by atoms with Crippen molar-refractivity contribution in [1.29, 1.82) is 0 Å². The Hall–Kier alpha value is -5.32. The Labute approximate surface area is 317 Å². The number of hydrogen-bond acceptors (Lipinski definition) is 1. The van der Waals surface area contributed by atoms with Gasteiger partial charge in [-0.25, -0.2) is 87.8 Å². The molecule has 0 aliphatic carbocycles. The Kier molecular flexibility index (Phi) is 12.2. The van der Waals surface area contributed by atoms with Crippen LogP contribution in [0.25, 0.3) is 0 Å². The number of rotatable bonds is 6. The third-order valence-electron chi connectivity index (χ3n) is 8.53. The van der Waals surface area contributed by atoms with Gasteiger partial charge in [0.2, 0.25) is 0 Å². The predicted octanol–water partition coefficient (Wildman–Crippen LogP) is 8.58. The van der Waals surface area contributed by atoms with Crippen LogP contribution in [0.4, 0.5) is 87.8 Å². The number of aromatic nitrogens is 1. The van der Waals surface area contributed by atoms with Gasteiger partial charge in [-0.1, -0.05) is 41.7 Å². The quantitative estimate of drug-likeness (QED) is 0.0520. The van der Waals surface area contributed by atoms with Gasteiger partial charge in [0.1, 0.15) is 52.7 Å². The molecule has 0 fully saturated rings. The molecule has 6 aromatic rings. The van der Waals surface area contributed by atoms with E-state index in [2.05, 4.69) is 12.1 Å². The Morgan fingerprint density at radius 1 is 0.379 bits per heavy atom. The number of thiazole rings is 1. The molecule has 0 saturated heterocycles. The van der Waals surface area contributed by atoms with Gasteiger partial charge in [0, 0.05) is 17.2 Å². The third kappa shape index (κ3) is 6.70. The van der Waals surface area contributed by atoms with Crippen LogP contribution in [-0.2, 0) is 6.54 Å². The lowest BCUT2D eigenvalue weighted by atomic mass is 9.12. The number of hydrogen-bond donors (Lipinski definition) is 0. The maximum absolute atomic E-state index is 15.4. The van der Waals surface area contributed by atoms with Gasteiger partial charge in [-0.15, -0.1) is 21.9 Å². The van der Waals surface area contributed by atoms with Crippen molar-refractivity contribution >= 4 is 50.9 Å². The van der Waals surface area contributed by atoms with E-state index in [0.29, 0.717) is 0 Å². The number of nitrogens with zero attached hydrogens (tertiary/aromatic N) is 1. The van der Waals surface area contributed by atoms with Gasteiger partial charge in [0.25, 0.3) is 0 Å². The molecule has 58 heavy (non-hydrogen) atoms. The molecule has 0 spiro atoms. The molecule has 0 N–H and O–H groups in total.